The number of nitrogen functional groups attached to an aromatic ring is 1. The molecule has 1 aromatic heterocycles. The maximum absolute atomic E-state index is 11.6. The van der Waals surface area contributed by atoms with Crippen molar-refractivity contribution in [1.29, 1.82) is 0 Å². The molecule has 0 saturated carbocycles. The van der Waals surface area contributed by atoms with Gasteiger partial charge in [0.05, 0.1) is 5.75 Å². The maximum Gasteiger partial charge on any atom is 0.321 e. The number of rotatable bonds is 6. The van der Waals surface area contributed by atoms with Crippen LogP contribution in [-0.4, -0.2) is 39.0 Å². The highest BCUT2D eigenvalue weighted by atomic mass is 32.2. The Hall–Kier alpha value is -1.77. The van der Waals surface area contributed by atoms with Gasteiger partial charge in [0.25, 0.3) is 0 Å². The van der Waals surface area contributed by atoms with E-state index >= 15 is 0 Å². The Morgan fingerprint density at radius 3 is 2.65 bits per heavy atom. The number of aromatic nitrogens is 3. The number of nitrogens with two attached hydrogens (primary N) is 1. The van der Waals surface area contributed by atoms with E-state index in [1.165, 1.54) is 0 Å². The standard InChI is InChI=1S/C11H20N6O2S/c1-7(2)4-5-13-10(19)14-8(18)6-20-11-16-15-9(12)17(11)3/h7H,4-6H2,1-3H3,(H2,12,15)(H2,13,14,18,19). The Kier molecular flexibility index (Phi) is 6.29. The molecule has 112 valence electrons. The minimum atomic E-state index is -0.478. The van der Waals surface area contributed by atoms with Crippen LogP contribution in [-0.2, 0) is 11.8 Å². The Balaban J connectivity index is 2.26. The molecule has 0 aromatic carbocycles. The lowest BCUT2D eigenvalue weighted by molar-refractivity contribution is -0.117. The number of carbonyl (C=O) groups excluding carboxylic acids is 2. The van der Waals surface area contributed by atoms with Crippen molar-refractivity contribution in [3.05, 3.63) is 0 Å². The summed E-state index contributed by atoms with van der Waals surface area (Å²) in [6, 6.07) is -0.478. The molecule has 0 aliphatic rings. The molecule has 0 unspecified atom stereocenters. The predicted octanol–water partition coefficient (Wildman–Crippen LogP) is 0.361. The minimum Gasteiger partial charge on any atom is -0.368 e. The van der Waals surface area contributed by atoms with Gasteiger partial charge in [0.1, 0.15) is 0 Å². The van der Waals surface area contributed by atoms with Gasteiger partial charge in [0, 0.05) is 13.6 Å². The van der Waals surface area contributed by atoms with Crippen molar-refractivity contribution >= 4 is 29.6 Å². The molecule has 0 atom stereocenters. The van der Waals surface area contributed by atoms with Gasteiger partial charge >= 0.3 is 6.03 Å². The normalized spacial score (nSPS) is 10.6. The quantitative estimate of drug-likeness (QED) is 0.653. The number of carbonyl (C=O) groups is 2. The first-order valence-corrected chi connectivity index (χ1v) is 7.24. The average molecular weight is 300 g/mol. The molecule has 3 amide bonds. The first kappa shape index (κ1) is 16.3. The molecule has 4 N–H and O–H groups in total. The highest BCUT2D eigenvalue weighted by Crippen LogP contribution is 2.15. The van der Waals surface area contributed by atoms with E-state index in [1.54, 1.807) is 11.6 Å². The summed E-state index contributed by atoms with van der Waals surface area (Å²) in [4.78, 5) is 23.0. The lowest BCUT2D eigenvalue weighted by atomic mass is 10.1. The molecule has 0 saturated heterocycles. The molecule has 0 fully saturated rings. The molecule has 0 radical (unpaired) electrons. The zero-order valence-corrected chi connectivity index (χ0v) is 12.7. The second-order valence-corrected chi connectivity index (χ2v) is 5.62. The van der Waals surface area contributed by atoms with Gasteiger partial charge in [-0.15, -0.1) is 10.2 Å². The van der Waals surface area contributed by atoms with Crippen LogP contribution >= 0.6 is 11.8 Å². The summed E-state index contributed by atoms with van der Waals surface area (Å²) in [5.74, 6) is 0.463. The predicted molar refractivity (Wildman–Crippen MR) is 77.1 cm³/mol. The van der Waals surface area contributed by atoms with Crippen molar-refractivity contribution < 1.29 is 9.59 Å². The van der Waals surface area contributed by atoms with Gasteiger partial charge < -0.3 is 11.1 Å². The van der Waals surface area contributed by atoms with Crippen molar-refractivity contribution in [2.24, 2.45) is 13.0 Å². The van der Waals surface area contributed by atoms with Crippen molar-refractivity contribution in [1.82, 2.24) is 25.4 Å². The fraction of sp³-hybridized carbons (Fsp3) is 0.636. The van der Waals surface area contributed by atoms with Crippen molar-refractivity contribution in [3.63, 3.8) is 0 Å². The van der Waals surface area contributed by atoms with Crippen molar-refractivity contribution in [2.75, 3.05) is 18.0 Å². The van der Waals surface area contributed by atoms with Crippen LogP contribution < -0.4 is 16.4 Å². The molecule has 0 aliphatic heterocycles. The van der Waals surface area contributed by atoms with Gasteiger partial charge in [-0.1, -0.05) is 25.6 Å². The molecule has 0 aliphatic carbocycles. The number of thioether (sulfide) groups is 1. The molecule has 8 nitrogen and oxygen atoms in total. The van der Waals surface area contributed by atoms with Crippen molar-refractivity contribution in [3.8, 4) is 0 Å². The smallest absolute Gasteiger partial charge is 0.321 e. The van der Waals surface area contributed by atoms with E-state index in [-0.39, 0.29) is 11.7 Å². The number of anilines is 1. The van der Waals surface area contributed by atoms with Crippen LogP contribution in [0.3, 0.4) is 0 Å². The van der Waals surface area contributed by atoms with E-state index < -0.39 is 11.9 Å². The van der Waals surface area contributed by atoms with Crippen LogP contribution in [0.25, 0.3) is 0 Å². The molecule has 1 heterocycles. The van der Waals surface area contributed by atoms with Gasteiger partial charge in [-0.05, 0) is 12.3 Å². The van der Waals surface area contributed by atoms with E-state index in [1.807, 2.05) is 0 Å². The van der Waals surface area contributed by atoms with E-state index in [0.29, 0.717) is 17.6 Å². The summed E-state index contributed by atoms with van der Waals surface area (Å²) in [5.41, 5.74) is 5.52. The summed E-state index contributed by atoms with van der Waals surface area (Å²) < 4.78 is 1.57. The zero-order valence-electron chi connectivity index (χ0n) is 11.8. The zero-order chi connectivity index (χ0) is 15.1. The van der Waals surface area contributed by atoms with E-state index in [4.69, 9.17) is 5.73 Å². The summed E-state index contributed by atoms with van der Waals surface area (Å²) in [7, 11) is 1.70. The summed E-state index contributed by atoms with van der Waals surface area (Å²) in [6.45, 7) is 4.67. The molecular formula is C11H20N6O2S. The molecule has 9 heteroatoms. The molecule has 0 spiro atoms. The molecule has 1 aromatic rings. The Morgan fingerprint density at radius 1 is 1.40 bits per heavy atom. The van der Waals surface area contributed by atoms with E-state index in [0.717, 1.165) is 18.2 Å². The number of imide groups is 1. The number of nitrogens with zero attached hydrogens (tertiary/aromatic N) is 3. The minimum absolute atomic E-state index is 0.0730. The summed E-state index contributed by atoms with van der Waals surface area (Å²) in [5, 5.41) is 12.9. The van der Waals surface area contributed by atoms with E-state index in [2.05, 4.69) is 34.7 Å². The van der Waals surface area contributed by atoms with Gasteiger partial charge in [0.2, 0.25) is 11.9 Å². The second-order valence-electron chi connectivity index (χ2n) is 4.68. The fourth-order valence-corrected chi connectivity index (χ4v) is 1.98. The number of urea groups is 1. The monoisotopic (exact) mass is 300 g/mol. The van der Waals surface area contributed by atoms with Gasteiger partial charge in [-0.3, -0.25) is 14.7 Å². The van der Waals surface area contributed by atoms with Crippen LogP contribution in [0.5, 0.6) is 0 Å². The lowest BCUT2D eigenvalue weighted by Crippen LogP contribution is -2.40. The van der Waals surface area contributed by atoms with Crippen LogP contribution in [0.15, 0.2) is 5.16 Å². The highest BCUT2D eigenvalue weighted by Gasteiger charge is 2.11. The van der Waals surface area contributed by atoms with Crippen molar-refractivity contribution in [2.45, 2.75) is 25.4 Å². The van der Waals surface area contributed by atoms with Crippen LogP contribution in [0, 0.1) is 5.92 Å². The average Bonchev–Trinajstić information content (AvgIpc) is 2.67. The van der Waals surface area contributed by atoms with Gasteiger partial charge in [-0.25, -0.2) is 4.79 Å². The molecular weight excluding hydrogens is 280 g/mol. The number of hydrogen-bond donors (Lipinski definition) is 3. The third kappa shape index (κ3) is 5.47. The Bertz CT molecular complexity index is 473. The maximum atomic E-state index is 11.6. The lowest BCUT2D eigenvalue weighted by Gasteiger charge is -2.07. The SMILES string of the molecule is CC(C)CCNC(=O)NC(=O)CSc1nnc(N)n1C. The second kappa shape index (κ2) is 7.73. The summed E-state index contributed by atoms with van der Waals surface area (Å²) in [6.07, 6.45) is 0.870. The Morgan fingerprint density at radius 2 is 2.10 bits per heavy atom. The number of amides is 3. The summed E-state index contributed by atoms with van der Waals surface area (Å²) >= 11 is 1.16. The van der Waals surface area contributed by atoms with E-state index in [9.17, 15) is 9.59 Å². The van der Waals surface area contributed by atoms with Crippen LogP contribution in [0.4, 0.5) is 10.7 Å². The fourth-order valence-electron chi connectivity index (χ4n) is 1.26. The van der Waals surface area contributed by atoms with Crippen LogP contribution in [0.2, 0.25) is 0 Å². The van der Waals surface area contributed by atoms with Crippen LogP contribution in [0.1, 0.15) is 20.3 Å². The topological polar surface area (TPSA) is 115 Å². The van der Waals surface area contributed by atoms with Gasteiger partial charge in [-0.2, -0.15) is 0 Å². The molecule has 1 rings (SSSR count). The molecule has 0 bridgehead atoms. The third-order valence-corrected chi connectivity index (χ3v) is 3.48. The first-order chi connectivity index (χ1) is 9.40. The Labute approximate surface area is 121 Å². The highest BCUT2D eigenvalue weighted by molar-refractivity contribution is 7.99. The largest absolute Gasteiger partial charge is 0.368 e. The number of hydrogen-bond acceptors (Lipinski definition) is 6. The number of nitrogens with one attached hydrogen (secondary N) is 2. The molecule has 20 heavy (non-hydrogen) atoms. The first-order valence-electron chi connectivity index (χ1n) is 6.25. The van der Waals surface area contributed by atoms with Gasteiger partial charge in [0.15, 0.2) is 5.16 Å². The third-order valence-electron chi connectivity index (χ3n) is 2.46.